The maximum absolute atomic E-state index is 12.6. The molecule has 0 aliphatic carbocycles. The summed E-state index contributed by atoms with van der Waals surface area (Å²) in [5.41, 5.74) is 1.66. The van der Waals surface area contributed by atoms with Crippen LogP contribution in [0.5, 0.6) is 17.2 Å². The fourth-order valence-corrected chi connectivity index (χ4v) is 2.32. The van der Waals surface area contributed by atoms with Gasteiger partial charge in [0.15, 0.2) is 17.6 Å². The number of para-hydroxylation sites is 2. The molecule has 0 fully saturated rings. The average molecular weight is 329 g/mol. The maximum atomic E-state index is 12.6. The molecule has 1 amide bonds. The van der Waals surface area contributed by atoms with Crippen LogP contribution < -0.4 is 19.5 Å². The van der Waals surface area contributed by atoms with Gasteiger partial charge in [-0.3, -0.25) is 4.79 Å². The second kappa shape index (κ2) is 8.24. The van der Waals surface area contributed by atoms with Gasteiger partial charge >= 0.3 is 0 Å². The molecule has 0 spiro atoms. The molecule has 128 valence electrons. The Balaban J connectivity index is 2.16. The summed E-state index contributed by atoms with van der Waals surface area (Å²) in [5, 5.41) is 2.88. The van der Waals surface area contributed by atoms with Crippen molar-refractivity contribution in [2.24, 2.45) is 0 Å². The van der Waals surface area contributed by atoms with Crippen LogP contribution in [0.15, 0.2) is 42.5 Å². The van der Waals surface area contributed by atoms with E-state index in [1.807, 2.05) is 44.2 Å². The zero-order valence-electron chi connectivity index (χ0n) is 14.5. The zero-order chi connectivity index (χ0) is 17.5. The third-order valence-electron chi connectivity index (χ3n) is 3.61. The molecule has 2 rings (SSSR count). The van der Waals surface area contributed by atoms with Crippen LogP contribution in [-0.4, -0.2) is 26.2 Å². The van der Waals surface area contributed by atoms with Crippen LogP contribution >= 0.6 is 0 Å². The molecular formula is C19H23NO4. The number of hydrogen-bond donors (Lipinski definition) is 1. The molecule has 24 heavy (non-hydrogen) atoms. The van der Waals surface area contributed by atoms with E-state index in [4.69, 9.17) is 14.2 Å². The summed E-state index contributed by atoms with van der Waals surface area (Å²) in [6.07, 6.45) is -0.107. The van der Waals surface area contributed by atoms with Crippen LogP contribution in [0, 0.1) is 6.92 Å². The Morgan fingerprint density at radius 2 is 1.71 bits per heavy atom. The van der Waals surface area contributed by atoms with Crippen molar-refractivity contribution < 1.29 is 19.0 Å². The Morgan fingerprint density at radius 3 is 2.33 bits per heavy atom. The molecule has 1 atom stereocenters. The Morgan fingerprint density at radius 1 is 1.04 bits per heavy atom. The highest BCUT2D eigenvalue weighted by Crippen LogP contribution is 2.29. The van der Waals surface area contributed by atoms with E-state index >= 15 is 0 Å². The quantitative estimate of drug-likeness (QED) is 0.839. The smallest absolute Gasteiger partial charge is 0.265 e. The van der Waals surface area contributed by atoms with Gasteiger partial charge in [-0.25, -0.2) is 0 Å². The van der Waals surface area contributed by atoms with Gasteiger partial charge in [-0.05, 0) is 43.2 Å². The number of nitrogens with one attached hydrogen (secondary N) is 1. The summed E-state index contributed by atoms with van der Waals surface area (Å²) in [6, 6.07) is 12.9. The molecule has 0 aliphatic rings. The molecule has 0 bridgehead atoms. The first kappa shape index (κ1) is 17.7. The van der Waals surface area contributed by atoms with Gasteiger partial charge in [0, 0.05) is 0 Å². The lowest BCUT2D eigenvalue weighted by molar-refractivity contribution is -0.122. The van der Waals surface area contributed by atoms with Crippen LogP contribution in [0.4, 0.5) is 5.69 Å². The average Bonchev–Trinajstić information content (AvgIpc) is 2.60. The predicted octanol–water partition coefficient (Wildman–Crippen LogP) is 3.81. The van der Waals surface area contributed by atoms with Gasteiger partial charge in [0.2, 0.25) is 0 Å². The van der Waals surface area contributed by atoms with E-state index in [0.29, 0.717) is 29.4 Å². The molecular weight excluding hydrogens is 306 g/mol. The lowest BCUT2D eigenvalue weighted by Crippen LogP contribution is -2.32. The summed E-state index contributed by atoms with van der Waals surface area (Å²) in [7, 11) is 3.14. The Bertz CT molecular complexity index is 700. The summed E-state index contributed by atoms with van der Waals surface area (Å²) in [5.74, 6) is 1.52. The normalized spacial score (nSPS) is 11.5. The van der Waals surface area contributed by atoms with Crippen LogP contribution in [0.1, 0.15) is 18.9 Å². The SMILES string of the molecule is CC[C@H](Oc1ccccc1OC)C(=O)Nc1cc(C)ccc1OC. The van der Waals surface area contributed by atoms with Crippen molar-refractivity contribution in [1.29, 1.82) is 0 Å². The number of methoxy groups -OCH3 is 2. The number of carbonyl (C=O) groups excluding carboxylic acids is 1. The summed E-state index contributed by atoms with van der Waals surface area (Å²) in [4.78, 5) is 12.6. The number of carbonyl (C=O) groups is 1. The van der Waals surface area contributed by atoms with Crippen LogP contribution in [0.2, 0.25) is 0 Å². The number of amides is 1. The highest BCUT2D eigenvalue weighted by atomic mass is 16.5. The molecule has 0 aliphatic heterocycles. The van der Waals surface area contributed by atoms with Crippen LogP contribution in [0.25, 0.3) is 0 Å². The number of rotatable bonds is 7. The largest absolute Gasteiger partial charge is 0.495 e. The molecule has 5 heteroatoms. The maximum Gasteiger partial charge on any atom is 0.265 e. The van der Waals surface area contributed by atoms with Gasteiger partial charge in [-0.2, -0.15) is 0 Å². The molecule has 0 saturated carbocycles. The van der Waals surface area contributed by atoms with Gasteiger partial charge in [0.05, 0.1) is 19.9 Å². The van der Waals surface area contributed by atoms with Crippen molar-refractivity contribution in [2.45, 2.75) is 26.4 Å². The third kappa shape index (κ3) is 4.19. The van der Waals surface area contributed by atoms with Crippen molar-refractivity contribution in [1.82, 2.24) is 0 Å². The first-order valence-corrected chi connectivity index (χ1v) is 7.84. The fourth-order valence-electron chi connectivity index (χ4n) is 2.32. The summed E-state index contributed by atoms with van der Waals surface area (Å²) < 4.78 is 16.4. The van der Waals surface area contributed by atoms with E-state index in [1.165, 1.54) is 0 Å². The molecule has 2 aromatic rings. The summed E-state index contributed by atoms with van der Waals surface area (Å²) >= 11 is 0. The highest BCUT2D eigenvalue weighted by Gasteiger charge is 2.21. The lowest BCUT2D eigenvalue weighted by Gasteiger charge is -2.19. The predicted molar refractivity (Wildman–Crippen MR) is 94.1 cm³/mol. The van der Waals surface area contributed by atoms with Gasteiger partial charge in [-0.15, -0.1) is 0 Å². The lowest BCUT2D eigenvalue weighted by atomic mass is 10.2. The first-order chi connectivity index (χ1) is 11.6. The van der Waals surface area contributed by atoms with Crippen molar-refractivity contribution in [2.75, 3.05) is 19.5 Å². The van der Waals surface area contributed by atoms with E-state index in [2.05, 4.69) is 5.32 Å². The monoisotopic (exact) mass is 329 g/mol. The van der Waals surface area contributed by atoms with Crippen LogP contribution in [-0.2, 0) is 4.79 Å². The molecule has 2 aromatic carbocycles. The van der Waals surface area contributed by atoms with Gasteiger partial charge < -0.3 is 19.5 Å². The van der Waals surface area contributed by atoms with E-state index < -0.39 is 6.10 Å². The topological polar surface area (TPSA) is 56.8 Å². The van der Waals surface area contributed by atoms with Crippen molar-refractivity contribution >= 4 is 11.6 Å². The number of anilines is 1. The standard InChI is InChI=1S/C19H23NO4/c1-5-15(24-18-9-7-6-8-17(18)23-4)19(21)20-14-12-13(2)10-11-16(14)22-3/h6-12,15H,5H2,1-4H3,(H,20,21)/t15-/m0/s1. The molecule has 0 unspecified atom stereocenters. The molecule has 1 N–H and O–H groups in total. The minimum atomic E-state index is -0.633. The number of hydrogen-bond acceptors (Lipinski definition) is 4. The van der Waals surface area contributed by atoms with Crippen molar-refractivity contribution in [3.8, 4) is 17.2 Å². The van der Waals surface area contributed by atoms with E-state index in [-0.39, 0.29) is 5.91 Å². The highest BCUT2D eigenvalue weighted by molar-refractivity contribution is 5.95. The minimum absolute atomic E-state index is 0.229. The number of benzene rings is 2. The zero-order valence-corrected chi connectivity index (χ0v) is 14.5. The Kier molecular flexibility index (Phi) is 6.07. The molecule has 0 radical (unpaired) electrons. The second-order valence-electron chi connectivity index (χ2n) is 5.36. The fraction of sp³-hybridized carbons (Fsp3) is 0.316. The van der Waals surface area contributed by atoms with Gasteiger partial charge in [-0.1, -0.05) is 25.1 Å². The Labute approximate surface area is 142 Å². The molecule has 0 aromatic heterocycles. The number of aryl methyl sites for hydroxylation is 1. The van der Waals surface area contributed by atoms with Gasteiger partial charge in [0.1, 0.15) is 5.75 Å². The molecule has 5 nitrogen and oxygen atoms in total. The van der Waals surface area contributed by atoms with Crippen molar-refractivity contribution in [3.05, 3.63) is 48.0 Å². The summed E-state index contributed by atoms with van der Waals surface area (Å²) in [6.45, 7) is 3.85. The molecule has 0 saturated heterocycles. The third-order valence-corrected chi connectivity index (χ3v) is 3.61. The van der Waals surface area contributed by atoms with Crippen molar-refractivity contribution in [3.63, 3.8) is 0 Å². The van der Waals surface area contributed by atoms with E-state index in [0.717, 1.165) is 5.56 Å². The van der Waals surface area contributed by atoms with Gasteiger partial charge in [0.25, 0.3) is 5.91 Å². The first-order valence-electron chi connectivity index (χ1n) is 7.84. The Hall–Kier alpha value is -2.69. The second-order valence-corrected chi connectivity index (χ2v) is 5.36. The van der Waals surface area contributed by atoms with E-state index in [9.17, 15) is 4.79 Å². The van der Waals surface area contributed by atoms with Crippen LogP contribution in [0.3, 0.4) is 0 Å². The minimum Gasteiger partial charge on any atom is -0.495 e. The molecule has 0 heterocycles. The van der Waals surface area contributed by atoms with E-state index in [1.54, 1.807) is 26.4 Å². The number of ether oxygens (including phenoxy) is 3.